The predicted octanol–water partition coefficient (Wildman–Crippen LogP) is 2.82. The summed E-state index contributed by atoms with van der Waals surface area (Å²) in [6, 6.07) is 6.87. The molecule has 0 bridgehead atoms. The van der Waals surface area contributed by atoms with Crippen LogP contribution in [0.5, 0.6) is 0 Å². The Bertz CT molecular complexity index is 243. The summed E-state index contributed by atoms with van der Waals surface area (Å²) >= 11 is 11.3. The van der Waals surface area contributed by atoms with Gasteiger partial charge in [-0.3, -0.25) is 0 Å². The van der Waals surface area contributed by atoms with Gasteiger partial charge in [-0.1, -0.05) is 23.7 Å². The van der Waals surface area contributed by atoms with Crippen LogP contribution in [0.1, 0.15) is 10.9 Å². The van der Waals surface area contributed by atoms with Crippen LogP contribution in [0.2, 0.25) is 5.02 Å². The van der Waals surface area contributed by atoms with E-state index < -0.39 is 5.38 Å². The summed E-state index contributed by atoms with van der Waals surface area (Å²) < 4.78 is 0. The Kier molecular flexibility index (Phi) is 2.92. The number of halogens is 2. The molecule has 0 fully saturated rings. The fourth-order valence-corrected chi connectivity index (χ4v) is 0.997. The van der Waals surface area contributed by atoms with E-state index >= 15 is 0 Å². The van der Waals surface area contributed by atoms with E-state index in [-0.39, 0.29) is 0 Å². The van der Waals surface area contributed by atoms with Gasteiger partial charge in [-0.05, 0) is 17.7 Å². The average Bonchev–Trinajstić information content (AvgIpc) is 2.05. The predicted molar refractivity (Wildman–Crippen MR) is 46.1 cm³/mol. The number of carbonyl (C=O) groups is 1. The molecule has 0 saturated heterocycles. The highest BCUT2D eigenvalue weighted by molar-refractivity contribution is 6.30. The monoisotopic (exact) mass is 188 g/mol. The third-order valence-electron chi connectivity index (χ3n) is 1.31. The van der Waals surface area contributed by atoms with E-state index in [1.54, 1.807) is 24.3 Å². The van der Waals surface area contributed by atoms with Crippen molar-refractivity contribution in [3.63, 3.8) is 0 Å². The minimum Gasteiger partial charge on any atom is -0.301 e. The van der Waals surface area contributed by atoms with Gasteiger partial charge in [0.25, 0.3) is 0 Å². The van der Waals surface area contributed by atoms with Crippen LogP contribution in [0, 0.1) is 0 Å². The molecule has 3 heteroatoms. The van der Waals surface area contributed by atoms with Crippen molar-refractivity contribution >= 4 is 29.5 Å². The third-order valence-corrected chi connectivity index (χ3v) is 1.91. The second-order valence-corrected chi connectivity index (χ2v) is 3.00. The van der Waals surface area contributed by atoms with Gasteiger partial charge >= 0.3 is 0 Å². The van der Waals surface area contributed by atoms with Crippen LogP contribution in [0.15, 0.2) is 24.3 Å². The molecule has 0 aromatic heterocycles. The first-order chi connectivity index (χ1) is 5.24. The van der Waals surface area contributed by atoms with Crippen LogP contribution >= 0.6 is 23.2 Å². The van der Waals surface area contributed by atoms with Crippen molar-refractivity contribution in [3.05, 3.63) is 34.9 Å². The molecular weight excluding hydrogens is 183 g/mol. The molecule has 0 aliphatic rings. The summed E-state index contributed by atoms with van der Waals surface area (Å²) in [6.45, 7) is 0. The molecule has 0 saturated carbocycles. The van der Waals surface area contributed by atoms with Gasteiger partial charge in [-0.15, -0.1) is 11.6 Å². The molecule has 1 aromatic rings. The highest BCUT2D eigenvalue weighted by Crippen LogP contribution is 2.19. The van der Waals surface area contributed by atoms with Crippen LogP contribution in [0.3, 0.4) is 0 Å². The largest absolute Gasteiger partial charge is 0.301 e. The quantitative estimate of drug-likeness (QED) is 0.516. The normalized spacial score (nSPS) is 12.5. The van der Waals surface area contributed by atoms with Gasteiger partial charge in [0.05, 0.1) is 0 Å². The molecule has 0 aliphatic carbocycles. The lowest BCUT2D eigenvalue weighted by Gasteiger charge is -2.00. The summed E-state index contributed by atoms with van der Waals surface area (Å²) in [5.41, 5.74) is 0.770. The molecule has 1 atom stereocenters. The van der Waals surface area contributed by atoms with E-state index in [2.05, 4.69) is 0 Å². The van der Waals surface area contributed by atoms with E-state index in [0.717, 1.165) is 5.56 Å². The minimum absolute atomic E-state index is 0.563. The highest BCUT2D eigenvalue weighted by atomic mass is 35.5. The van der Waals surface area contributed by atoms with Gasteiger partial charge in [0, 0.05) is 5.02 Å². The molecule has 0 spiro atoms. The summed E-state index contributed by atoms with van der Waals surface area (Å²) in [6.07, 6.45) is 0.685. The Balaban J connectivity index is 2.89. The lowest BCUT2D eigenvalue weighted by molar-refractivity contribution is -0.107. The minimum atomic E-state index is -0.563. The van der Waals surface area contributed by atoms with Gasteiger partial charge in [-0.25, -0.2) is 0 Å². The third kappa shape index (κ3) is 2.21. The molecular formula is C8H6Cl2O. The summed E-state index contributed by atoms with van der Waals surface area (Å²) in [7, 11) is 0. The van der Waals surface area contributed by atoms with E-state index in [0.29, 0.717) is 11.3 Å². The van der Waals surface area contributed by atoms with Crippen LogP contribution < -0.4 is 0 Å². The van der Waals surface area contributed by atoms with Crippen molar-refractivity contribution < 1.29 is 4.79 Å². The molecule has 1 rings (SSSR count). The fraction of sp³-hybridized carbons (Fsp3) is 0.125. The van der Waals surface area contributed by atoms with Crippen LogP contribution in [-0.4, -0.2) is 6.29 Å². The first-order valence-electron chi connectivity index (χ1n) is 3.09. The molecule has 58 valence electrons. The van der Waals surface area contributed by atoms with E-state index in [1.165, 1.54) is 0 Å². The van der Waals surface area contributed by atoms with Gasteiger partial charge in [0.15, 0.2) is 0 Å². The van der Waals surface area contributed by atoms with E-state index in [1.807, 2.05) is 0 Å². The maximum Gasteiger partial charge on any atom is 0.142 e. The average molecular weight is 189 g/mol. The highest BCUT2D eigenvalue weighted by Gasteiger charge is 2.03. The lowest BCUT2D eigenvalue weighted by Crippen LogP contribution is -1.89. The zero-order valence-electron chi connectivity index (χ0n) is 5.63. The number of rotatable bonds is 2. The van der Waals surface area contributed by atoms with Crippen LogP contribution in [0.4, 0.5) is 0 Å². The number of alkyl halides is 1. The second-order valence-electron chi connectivity index (χ2n) is 2.09. The van der Waals surface area contributed by atoms with Gasteiger partial charge in [-0.2, -0.15) is 0 Å². The summed E-state index contributed by atoms with van der Waals surface area (Å²) in [5.74, 6) is 0. The maximum absolute atomic E-state index is 10.2. The molecule has 0 N–H and O–H groups in total. The number of benzene rings is 1. The van der Waals surface area contributed by atoms with Crippen molar-refractivity contribution in [3.8, 4) is 0 Å². The Morgan fingerprint density at radius 3 is 2.27 bits per heavy atom. The standard InChI is InChI=1S/C8H6Cl2O/c9-7-3-1-6(2-4-7)8(10)5-11/h1-5,8H. The Hall–Kier alpha value is -0.530. The number of hydrogen-bond donors (Lipinski definition) is 0. The zero-order chi connectivity index (χ0) is 8.27. The van der Waals surface area contributed by atoms with Gasteiger partial charge < -0.3 is 4.79 Å². The van der Waals surface area contributed by atoms with Crippen molar-refractivity contribution in [2.75, 3.05) is 0 Å². The molecule has 0 aliphatic heterocycles. The maximum atomic E-state index is 10.2. The summed E-state index contributed by atoms with van der Waals surface area (Å²) in [5, 5.41) is 0.0794. The first-order valence-corrected chi connectivity index (χ1v) is 3.90. The Labute approximate surface area is 74.9 Å². The zero-order valence-corrected chi connectivity index (χ0v) is 7.14. The number of aldehydes is 1. The van der Waals surface area contributed by atoms with Crippen LogP contribution in [-0.2, 0) is 4.79 Å². The molecule has 0 heterocycles. The lowest BCUT2D eigenvalue weighted by atomic mass is 10.2. The first kappa shape index (κ1) is 8.57. The molecule has 1 unspecified atom stereocenters. The van der Waals surface area contributed by atoms with E-state index in [4.69, 9.17) is 23.2 Å². The topological polar surface area (TPSA) is 17.1 Å². The van der Waals surface area contributed by atoms with Crippen molar-refractivity contribution in [2.24, 2.45) is 0 Å². The van der Waals surface area contributed by atoms with Gasteiger partial charge in [0.2, 0.25) is 0 Å². The summed E-state index contributed by atoms with van der Waals surface area (Å²) in [4.78, 5) is 10.2. The molecule has 11 heavy (non-hydrogen) atoms. The molecule has 0 radical (unpaired) electrons. The SMILES string of the molecule is O=CC(Cl)c1ccc(Cl)cc1. The van der Waals surface area contributed by atoms with E-state index in [9.17, 15) is 4.79 Å². The van der Waals surface area contributed by atoms with Crippen molar-refractivity contribution in [1.29, 1.82) is 0 Å². The van der Waals surface area contributed by atoms with Crippen LogP contribution in [0.25, 0.3) is 0 Å². The molecule has 1 aromatic carbocycles. The number of carbonyl (C=O) groups excluding carboxylic acids is 1. The number of hydrogen-bond acceptors (Lipinski definition) is 1. The smallest absolute Gasteiger partial charge is 0.142 e. The fourth-order valence-electron chi connectivity index (χ4n) is 0.725. The Morgan fingerprint density at radius 2 is 1.82 bits per heavy atom. The second kappa shape index (κ2) is 3.74. The molecule has 0 amide bonds. The van der Waals surface area contributed by atoms with Gasteiger partial charge in [0.1, 0.15) is 11.7 Å². The van der Waals surface area contributed by atoms with Crippen molar-refractivity contribution in [2.45, 2.75) is 5.38 Å². The van der Waals surface area contributed by atoms with Crippen molar-refractivity contribution in [1.82, 2.24) is 0 Å². The molecule has 1 nitrogen and oxygen atoms in total. The Morgan fingerprint density at radius 1 is 1.27 bits per heavy atom.